The van der Waals surface area contributed by atoms with Gasteiger partial charge in [0.2, 0.25) is 0 Å². The Morgan fingerprint density at radius 1 is 1.39 bits per heavy atom. The van der Waals surface area contributed by atoms with E-state index < -0.39 is 17.6 Å². The molecule has 0 saturated carbocycles. The Kier molecular flexibility index (Phi) is 5.88. The number of nitrogens with one attached hydrogen (secondary N) is 1. The molecule has 28 heavy (non-hydrogen) atoms. The molecule has 2 atom stereocenters. The lowest BCUT2D eigenvalue weighted by molar-refractivity contribution is 0.0656. The number of rotatable bonds is 6. The minimum absolute atomic E-state index is 0.0102. The molecule has 1 amide bonds. The van der Waals surface area contributed by atoms with Crippen LogP contribution in [0.3, 0.4) is 0 Å². The van der Waals surface area contributed by atoms with Gasteiger partial charge in [-0.05, 0) is 44.4 Å². The van der Waals surface area contributed by atoms with Crippen molar-refractivity contribution < 1.29 is 19.4 Å². The van der Waals surface area contributed by atoms with Gasteiger partial charge in [0, 0.05) is 11.5 Å². The molecule has 0 radical (unpaired) electrons. The number of aliphatic hydroxyl groups excluding tert-OH is 1. The molecule has 3 rings (SSSR count). The summed E-state index contributed by atoms with van der Waals surface area (Å²) in [6.45, 7) is 6.22. The van der Waals surface area contributed by atoms with Crippen molar-refractivity contribution in [1.29, 1.82) is 0 Å². The van der Waals surface area contributed by atoms with Crippen molar-refractivity contribution in [2.24, 2.45) is 0 Å². The molecule has 152 valence electrons. The first-order valence-electron chi connectivity index (χ1n) is 9.51. The number of aliphatic hydroxyl groups is 1. The van der Waals surface area contributed by atoms with Gasteiger partial charge >= 0.3 is 6.09 Å². The topological polar surface area (TPSA) is 98.5 Å². The number of carbonyl (C=O) groups excluding carboxylic acids is 1. The fourth-order valence-corrected chi connectivity index (χ4v) is 3.55. The molecule has 1 aliphatic rings. The molecule has 0 bridgehead atoms. The first-order chi connectivity index (χ1) is 13.4. The number of amides is 1. The summed E-state index contributed by atoms with van der Waals surface area (Å²) < 4.78 is 12.6. The number of alkyl carbamates (subject to hydrolysis) is 1. The summed E-state index contributed by atoms with van der Waals surface area (Å²) in [4.78, 5) is 12.1. The van der Waals surface area contributed by atoms with Crippen LogP contribution in [0, 0.1) is 0 Å². The predicted molar refractivity (Wildman–Crippen MR) is 103 cm³/mol. The first-order valence-corrected chi connectivity index (χ1v) is 9.51. The molecule has 0 saturated heterocycles. The molecule has 8 nitrogen and oxygen atoms in total. The Bertz CT molecular complexity index is 818. The van der Waals surface area contributed by atoms with Crippen molar-refractivity contribution in [3.05, 3.63) is 41.2 Å². The molecule has 0 fully saturated rings. The average Bonchev–Trinajstić information content (AvgIpc) is 3.09. The zero-order valence-corrected chi connectivity index (χ0v) is 16.8. The van der Waals surface area contributed by atoms with Crippen LogP contribution in [0.1, 0.15) is 56.7 Å². The monoisotopic (exact) mass is 388 g/mol. The number of aromatic nitrogens is 3. The van der Waals surface area contributed by atoms with E-state index in [9.17, 15) is 9.90 Å². The molecule has 1 aromatic heterocycles. The van der Waals surface area contributed by atoms with Crippen molar-refractivity contribution in [3.63, 3.8) is 0 Å². The summed E-state index contributed by atoms with van der Waals surface area (Å²) in [7, 11) is 1.63. The van der Waals surface area contributed by atoms with Crippen LogP contribution in [0.5, 0.6) is 5.75 Å². The average molecular weight is 388 g/mol. The number of fused-ring (bicyclic) bond motifs is 1. The van der Waals surface area contributed by atoms with E-state index in [1.807, 2.05) is 45.0 Å². The van der Waals surface area contributed by atoms with Gasteiger partial charge in [-0.2, -0.15) is 0 Å². The normalized spacial score (nSPS) is 21.3. The number of ether oxygens (including phenoxy) is 2. The van der Waals surface area contributed by atoms with Crippen molar-refractivity contribution in [1.82, 2.24) is 20.3 Å². The maximum absolute atomic E-state index is 12.1. The second-order valence-corrected chi connectivity index (χ2v) is 7.78. The van der Waals surface area contributed by atoms with E-state index in [0.29, 0.717) is 25.1 Å². The lowest BCUT2D eigenvalue weighted by Crippen LogP contribution is -2.38. The molecular weight excluding hydrogens is 360 g/mol. The fourth-order valence-electron chi connectivity index (χ4n) is 3.55. The van der Waals surface area contributed by atoms with Crippen LogP contribution in [0.25, 0.3) is 0 Å². The van der Waals surface area contributed by atoms with Crippen LogP contribution in [-0.2, 0) is 16.7 Å². The lowest BCUT2D eigenvalue weighted by Gasteiger charge is -2.35. The van der Waals surface area contributed by atoms with E-state index in [2.05, 4.69) is 15.6 Å². The van der Waals surface area contributed by atoms with Crippen LogP contribution in [0.15, 0.2) is 24.3 Å². The quantitative estimate of drug-likeness (QED) is 0.789. The van der Waals surface area contributed by atoms with E-state index >= 15 is 0 Å². The molecule has 1 heterocycles. The maximum Gasteiger partial charge on any atom is 0.408 e. The van der Waals surface area contributed by atoms with Gasteiger partial charge in [-0.25, -0.2) is 9.48 Å². The van der Waals surface area contributed by atoms with Crippen molar-refractivity contribution >= 4 is 6.09 Å². The fraction of sp³-hybridized carbons (Fsp3) is 0.550. The van der Waals surface area contributed by atoms with E-state index in [-0.39, 0.29) is 12.6 Å². The van der Waals surface area contributed by atoms with E-state index in [1.165, 1.54) is 0 Å². The third-order valence-electron chi connectivity index (χ3n) is 5.09. The van der Waals surface area contributed by atoms with Crippen LogP contribution in [-0.4, -0.2) is 46.0 Å². The van der Waals surface area contributed by atoms with Gasteiger partial charge in [0.15, 0.2) is 0 Å². The van der Waals surface area contributed by atoms with Gasteiger partial charge in [0.25, 0.3) is 0 Å². The van der Waals surface area contributed by atoms with Gasteiger partial charge in [0.1, 0.15) is 17.5 Å². The molecule has 2 aromatic rings. The van der Waals surface area contributed by atoms with Crippen LogP contribution in [0.2, 0.25) is 0 Å². The zero-order chi connectivity index (χ0) is 20.3. The zero-order valence-electron chi connectivity index (χ0n) is 16.8. The summed E-state index contributed by atoms with van der Waals surface area (Å²) in [6.07, 6.45) is 0.323. The largest absolute Gasteiger partial charge is 0.497 e. The van der Waals surface area contributed by atoms with Crippen LogP contribution >= 0.6 is 0 Å². The van der Waals surface area contributed by atoms with E-state index in [1.54, 1.807) is 11.8 Å². The predicted octanol–water partition coefficient (Wildman–Crippen LogP) is 2.55. The highest BCUT2D eigenvalue weighted by molar-refractivity contribution is 5.67. The Morgan fingerprint density at radius 2 is 2.11 bits per heavy atom. The molecule has 1 aliphatic carbocycles. The smallest absolute Gasteiger partial charge is 0.408 e. The Balaban J connectivity index is 1.88. The van der Waals surface area contributed by atoms with Crippen LogP contribution in [0.4, 0.5) is 4.79 Å². The van der Waals surface area contributed by atoms with Gasteiger partial charge in [0.05, 0.1) is 26.0 Å². The molecule has 0 unspecified atom stereocenters. The Labute approximate surface area is 164 Å². The molecular formula is C20H28N4O4. The highest BCUT2D eigenvalue weighted by Gasteiger charge is 2.42. The van der Waals surface area contributed by atoms with Crippen molar-refractivity contribution in [2.75, 3.05) is 13.7 Å². The lowest BCUT2D eigenvalue weighted by atomic mass is 9.75. The third-order valence-corrected chi connectivity index (χ3v) is 5.09. The molecule has 2 N–H and O–H groups in total. The van der Waals surface area contributed by atoms with Gasteiger partial charge in [-0.1, -0.05) is 24.3 Å². The van der Waals surface area contributed by atoms with Crippen molar-refractivity contribution in [3.8, 4) is 5.75 Å². The number of benzene rings is 1. The highest BCUT2D eigenvalue weighted by Crippen LogP contribution is 2.42. The number of nitrogens with zero attached hydrogens (tertiary/aromatic N) is 3. The number of methoxy groups -OCH3 is 1. The minimum Gasteiger partial charge on any atom is -0.497 e. The maximum atomic E-state index is 12.1. The number of hydrogen-bond acceptors (Lipinski definition) is 6. The molecule has 1 aromatic carbocycles. The van der Waals surface area contributed by atoms with E-state index in [4.69, 9.17) is 9.47 Å². The molecule has 0 spiro atoms. The first kappa shape index (κ1) is 20.1. The highest BCUT2D eigenvalue weighted by atomic mass is 16.6. The standard InChI is InChI=1S/C20H28N4O4/c1-13(2)21-19(26)28-16-9-10-20(3,12-25)18-17(16)22-23-24(18)11-14-5-7-15(27-4)8-6-14/h5-8,13,16,25H,9-12H2,1-4H3,(H,21,26)/t16-,20-/m1/s1. The second kappa shape index (κ2) is 8.18. The van der Waals surface area contributed by atoms with Gasteiger partial charge in [-0.3, -0.25) is 0 Å². The summed E-state index contributed by atoms with van der Waals surface area (Å²) in [5, 5.41) is 21.4. The summed E-state index contributed by atoms with van der Waals surface area (Å²) in [5.41, 5.74) is 1.99. The number of carbonyl (C=O) groups is 1. The number of hydrogen-bond donors (Lipinski definition) is 2. The molecule has 8 heteroatoms. The molecule has 0 aliphatic heterocycles. The van der Waals surface area contributed by atoms with Gasteiger partial charge < -0.3 is 19.9 Å². The Hall–Kier alpha value is -2.61. The summed E-state index contributed by atoms with van der Waals surface area (Å²) in [6, 6.07) is 7.72. The van der Waals surface area contributed by atoms with Gasteiger partial charge in [-0.15, -0.1) is 5.10 Å². The second-order valence-electron chi connectivity index (χ2n) is 7.78. The SMILES string of the molecule is COc1ccc(Cn2nnc3c2[C@@](C)(CO)CC[C@H]3OC(=O)NC(C)C)cc1. The Morgan fingerprint density at radius 3 is 2.71 bits per heavy atom. The third kappa shape index (κ3) is 4.11. The summed E-state index contributed by atoms with van der Waals surface area (Å²) >= 11 is 0. The summed E-state index contributed by atoms with van der Waals surface area (Å²) in [5.74, 6) is 0.786. The minimum atomic E-state index is -0.486. The van der Waals surface area contributed by atoms with Crippen molar-refractivity contribution in [2.45, 2.75) is 57.7 Å². The van der Waals surface area contributed by atoms with Crippen LogP contribution < -0.4 is 10.1 Å². The van der Waals surface area contributed by atoms with E-state index in [0.717, 1.165) is 17.0 Å².